The van der Waals surface area contributed by atoms with Gasteiger partial charge in [-0.05, 0) is 37.1 Å². The third kappa shape index (κ3) is 1.53. The smallest absolute Gasteiger partial charge is 0.0997 e. The Labute approximate surface area is 71.2 Å². The Hall–Kier alpha value is -1.00. The van der Waals surface area contributed by atoms with E-state index in [1.807, 2.05) is 13.8 Å². The number of hydrogen-bond acceptors (Lipinski definition) is 1. The van der Waals surface area contributed by atoms with Gasteiger partial charge in [-0.25, -0.2) is 0 Å². The molecule has 0 bridgehead atoms. The summed E-state index contributed by atoms with van der Waals surface area (Å²) in [7, 11) is 0. The molecule has 1 nitrogen and oxygen atoms in total. The van der Waals surface area contributed by atoms with Crippen LogP contribution >= 0.6 is 11.6 Å². The molecule has 0 spiro atoms. The van der Waals surface area contributed by atoms with Gasteiger partial charge in [0.25, 0.3) is 0 Å². The van der Waals surface area contributed by atoms with Crippen molar-refractivity contribution in [3.8, 4) is 6.07 Å². The molecule has 0 saturated heterocycles. The lowest BCUT2D eigenvalue weighted by Gasteiger charge is -2.01. The van der Waals surface area contributed by atoms with Gasteiger partial charge >= 0.3 is 0 Å². The summed E-state index contributed by atoms with van der Waals surface area (Å²) in [6.45, 7) is 3.77. The molecule has 1 rings (SSSR count). The van der Waals surface area contributed by atoms with Crippen LogP contribution in [0, 0.1) is 25.2 Å². The van der Waals surface area contributed by atoms with Gasteiger partial charge in [-0.2, -0.15) is 5.26 Å². The van der Waals surface area contributed by atoms with Crippen molar-refractivity contribution in [2.75, 3.05) is 0 Å². The molecular formula is C9H8ClN. The topological polar surface area (TPSA) is 23.8 Å². The highest BCUT2D eigenvalue weighted by Gasteiger charge is 2.01. The molecule has 11 heavy (non-hydrogen) atoms. The standard InChI is InChI=1S/C9H8ClN/c1-6-3-8(10)4-7(2)9(6)5-11/h3-4H,1-2H3. The van der Waals surface area contributed by atoms with Gasteiger partial charge in [-0.3, -0.25) is 0 Å². The molecular weight excluding hydrogens is 158 g/mol. The van der Waals surface area contributed by atoms with Crippen molar-refractivity contribution in [2.45, 2.75) is 13.8 Å². The Kier molecular flexibility index (Phi) is 2.16. The third-order valence-corrected chi connectivity index (χ3v) is 1.83. The van der Waals surface area contributed by atoms with Crippen LogP contribution in [-0.2, 0) is 0 Å². The summed E-state index contributed by atoms with van der Waals surface area (Å²) >= 11 is 5.77. The van der Waals surface area contributed by atoms with Crippen molar-refractivity contribution in [3.05, 3.63) is 33.8 Å². The van der Waals surface area contributed by atoms with Crippen LogP contribution in [0.25, 0.3) is 0 Å². The molecule has 0 N–H and O–H groups in total. The molecule has 56 valence electrons. The molecule has 0 aliphatic carbocycles. The van der Waals surface area contributed by atoms with Crippen molar-refractivity contribution in [2.24, 2.45) is 0 Å². The fourth-order valence-corrected chi connectivity index (χ4v) is 1.41. The number of benzene rings is 1. The van der Waals surface area contributed by atoms with Crippen molar-refractivity contribution in [3.63, 3.8) is 0 Å². The summed E-state index contributed by atoms with van der Waals surface area (Å²) in [6.07, 6.45) is 0. The Balaban J connectivity index is 3.40. The Morgan fingerprint density at radius 1 is 1.27 bits per heavy atom. The highest BCUT2D eigenvalue weighted by molar-refractivity contribution is 6.30. The van der Waals surface area contributed by atoms with Gasteiger partial charge in [0.05, 0.1) is 11.6 Å². The first-order valence-electron chi connectivity index (χ1n) is 3.32. The molecule has 2 heteroatoms. The zero-order chi connectivity index (χ0) is 8.43. The van der Waals surface area contributed by atoms with Crippen LogP contribution in [0.1, 0.15) is 16.7 Å². The van der Waals surface area contributed by atoms with E-state index in [-0.39, 0.29) is 0 Å². The molecule has 1 aromatic rings. The minimum absolute atomic E-state index is 0.694. The molecule has 0 amide bonds. The predicted molar refractivity (Wildman–Crippen MR) is 45.6 cm³/mol. The fourth-order valence-electron chi connectivity index (χ4n) is 1.09. The second kappa shape index (κ2) is 2.94. The van der Waals surface area contributed by atoms with Crippen LogP contribution in [0.3, 0.4) is 0 Å². The average molecular weight is 166 g/mol. The van der Waals surface area contributed by atoms with E-state index in [0.29, 0.717) is 5.02 Å². The Morgan fingerprint density at radius 3 is 2.09 bits per heavy atom. The van der Waals surface area contributed by atoms with E-state index in [1.165, 1.54) is 0 Å². The van der Waals surface area contributed by atoms with E-state index in [9.17, 15) is 0 Å². The quantitative estimate of drug-likeness (QED) is 0.580. The fraction of sp³-hybridized carbons (Fsp3) is 0.222. The molecule has 0 aromatic heterocycles. The van der Waals surface area contributed by atoms with Gasteiger partial charge in [0.15, 0.2) is 0 Å². The minimum Gasteiger partial charge on any atom is -0.192 e. The zero-order valence-electron chi connectivity index (χ0n) is 6.48. The lowest BCUT2D eigenvalue weighted by atomic mass is 10.0. The van der Waals surface area contributed by atoms with E-state index >= 15 is 0 Å². The maximum Gasteiger partial charge on any atom is 0.0997 e. The summed E-state index contributed by atoms with van der Waals surface area (Å²) in [6, 6.07) is 5.73. The first-order valence-corrected chi connectivity index (χ1v) is 3.70. The van der Waals surface area contributed by atoms with Crippen LogP contribution in [-0.4, -0.2) is 0 Å². The van der Waals surface area contributed by atoms with Crippen LogP contribution in [0.5, 0.6) is 0 Å². The largest absolute Gasteiger partial charge is 0.192 e. The Bertz CT molecular complexity index is 300. The highest BCUT2D eigenvalue weighted by atomic mass is 35.5. The summed E-state index contributed by atoms with van der Waals surface area (Å²) < 4.78 is 0. The van der Waals surface area contributed by atoms with Gasteiger partial charge in [0.2, 0.25) is 0 Å². The lowest BCUT2D eigenvalue weighted by Crippen LogP contribution is -1.86. The summed E-state index contributed by atoms with van der Waals surface area (Å²) in [5.41, 5.74) is 2.62. The summed E-state index contributed by atoms with van der Waals surface area (Å²) in [5, 5.41) is 9.39. The molecule has 0 fully saturated rings. The molecule has 0 unspecified atom stereocenters. The van der Waals surface area contributed by atoms with E-state index in [1.54, 1.807) is 12.1 Å². The molecule has 0 saturated carbocycles. The summed E-state index contributed by atoms with van der Waals surface area (Å²) in [4.78, 5) is 0. The van der Waals surface area contributed by atoms with Crippen LogP contribution < -0.4 is 0 Å². The third-order valence-electron chi connectivity index (χ3n) is 1.61. The van der Waals surface area contributed by atoms with Gasteiger partial charge < -0.3 is 0 Å². The number of hydrogen-bond donors (Lipinski definition) is 0. The van der Waals surface area contributed by atoms with E-state index in [0.717, 1.165) is 16.7 Å². The van der Waals surface area contributed by atoms with E-state index < -0.39 is 0 Å². The Morgan fingerprint density at radius 2 is 1.73 bits per heavy atom. The van der Waals surface area contributed by atoms with Crippen molar-refractivity contribution in [1.82, 2.24) is 0 Å². The molecule has 1 aromatic carbocycles. The normalized spacial score (nSPS) is 9.27. The monoisotopic (exact) mass is 165 g/mol. The molecule has 0 aliphatic rings. The molecule has 0 atom stereocenters. The van der Waals surface area contributed by atoms with Gasteiger partial charge in [-0.15, -0.1) is 0 Å². The van der Waals surface area contributed by atoms with Crippen molar-refractivity contribution >= 4 is 11.6 Å². The zero-order valence-corrected chi connectivity index (χ0v) is 7.24. The SMILES string of the molecule is Cc1cc(Cl)cc(C)c1C#N. The van der Waals surface area contributed by atoms with Crippen LogP contribution in [0.2, 0.25) is 5.02 Å². The minimum atomic E-state index is 0.694. The number of aryl methyl sites for hydroxylation is 2. The van der Waals surface area contributed by atoms with Gasteiger partial charge in [0.1, 0.15) is 0 Å². The first-order chi connectivity index (χ1) is 5.15. The van der Waals surface area contributed by atoms with Crippen LogP contribution in [0.15, 0.2) is 12.1 Å². The second-order valence-electron chi connectivity index (χ2n) is 2.53. The van der Waals surface area contributed by atoms with E-state index in [2.05, 4.69) is 6.07 Å². The van der Waals surface area contributed by atoms with Crippen LogP contribution in [0.4, 0.5) is 0 Å². The van der Waals surface area contributed by atoms with Gasteiger partial charge in [0, 0.05) is 5.02 Å². The number of nitrogens with zero attached hydrogens (tertiary/aromatic N) is 1. The maximum absolute atomic E-state index is 8.70. The predicted octanol–water partition coefficient (Wildman–Crippen LogP) is 2.83. The average Bonchev–Trinajstić information content (AvgIpc) is 1.85. The highest BCUT2D eigenvalue weighted by Crippen LogP contribution is 2.18. The lowest BCUT2D eigenvalue weighted by molar-refractivity contribution is 1.32. The first kappa shape index (κ1) is 8.10. The number of nitriles is 1. The van der Waals surface area contributed by atoms with Crippen molar-refractivity contribution < 1.29 is 0 Å². The number of rotatable bonds is 0. The molecule has 0 radical (unpaired) electrons. The van der Waals surface area contributed by atoms with E-state index in [4.69, 9.17) is 16.9 Å². The maximum atomic E-state index is 8.70. The number of halogens is 1. The summed E-state index contributed by atoms with van der Waals surface area (Å²) in [5.74, 6) is 0. The molecule has 0 heterocycles. The van der Waals surface area contributed by atoms with Crippen molar-refractivity contribution in [1.29, 1.82) is 5.26 Å². The van der Waals surface area contributed by atoms with Gasteiger partial charge in [-0.1, -0.05) is 11.6 Å². The second-order valence-corrected chi connectivity index (χ2v) is 2.96. The molecule has 0 aliphatic heterocycles.